The Labute approximate surface area is 125 Å². The van der Waals surface area contributed by atoms with E-state index in [1.165, 1.54) is 0 Å². The van der Waals surface area contributed by atoms with Gasteiger partial charge in [0.15, 0.2) is 0 Å². The van der Waals surface area contributed by atoms with E-state index in [4.69, 9.17) is 11.6 Å². The first-order valence-electron chi connectivity index (χ1n) is 5.77. The van der Waals surface area contributed by atoms with Crippen LogP contribution in [0.25, 0.3) is 0 Å². The second-order valence-corrected chi connectivity index (χ2v) is 8.53. The molecule has 0 saturated heterocycles. The Morgan fingerprint density at radius 2 is 1.94 bits per heavy atom. The van der Waals surface area contributed by atoms with E-state index in [0.29, 0.717) is 5.02 Å². The van der Waals surface area contributed by atoms with Crippen molar-refractivity contribution in [3.05, 3.63) is 32.8 Å². The summed E-state index contributed by atoms with van der Waals surface area (Å²) in [6.45, 7) is 9.82. The zero-order valence-electron chi connectivity index (χ0n) is 11.3. The van der Waals surface area contributed by atoms with Crippen LogP contribution in [0, 0.1) is 6.92 Å². The lowest BCUT2D eigenvalue weighted by Gasteiger charge is -2.23. The molecule has 2 atom stereocenters. The summed E-state index contributed by atoms with van der Waals surface area (Å²) in [5.74, 6) is 0. The molecule has 0 heterocycles. The van der Waals surface area contributed by atoms with E-state index in [2.05, 4.69) is 20.7 Å². The zero-order valence-corrected chi connectivity index (χ0v) is 14.5. The van der Waals surface area contributed by atoms with Crippen molar-refractivity contribution in [2.24, 2.45) is 0 Å². The molecule has 1 unspecified atom stereocenters. The van der Waals surface area contributed by atoms with Gasteiger partial charge in [0, 0.05) is 10.5 Å². The van der Waals surface area contributed by atoms with E-state index < -0.39 is 11.0 Å². The molecular formula is C13H19BrClNOS. The minimum Gasteiger partial charge on any atom is -0.242 e. The molecule has 0 bridgehead atoms. The fraction of sp³-hybridized carbons (Fsp3) is 0.538. The van der Waals surface area contributed by atoms with Crippen LogP contribution >= 0.6 is 27.5 Å². The van der Waals surface area contributed by atoms with Crippen LogP contribution in [0.5, 0.6) is 0 Å². The number of rotatable bonds is 3. The summed E-state index contributed by atoms with van der Waals surface area (Å²) in [6.07, 6.45) is 0. The first kappa shape index (κ1) is 16.2. The standard InChI is InChI=1S/C13H19BrClNOS/c1-8-10(6-7-11(14)12(8)15)9(2)16-18(17)13(3,4)5/h6-7,9,16H,1-5H3/t9-,18?/m1/s1. The monoisotopic (exact) mass is 351 g/mol. The number of nitrogens with one attached hydrogen (secondary N) is 1. The Balaban J connectivity index is 2.96. The quantitative estimate of drug-likeness (QED) is 0.851. The Kier molecular flexibility index (Phi) is 5.42. The van der Waals surface area contributed by atoms with Crippen molar-refractivity contribution < 1.29 is 4.21 Å². The van der Waals surface area contributed by atoms with Crippen molar-refractivity contribution in [2.45, 2.75) is 45.4 Å². The fourth-order valence-electron chi connectivity index (χ4n) is 1.54. The van der Waals surface area contributed by atoms with Crippen LogP contribution in [-0.2, 0) is 11.0 Å². The summed E-state index contributed by atoms with van der Waals surface area (Å²) in [5.41, 5.74) is 2.08. The van der Waals surface area contributed by atoms with Crippen LogP contribution in [-0.4, -0.2) is 8.96 Å². The molecule has 0 aliphatic carbocycles. The van der Waals surface area contributed by atoms with E-state index >= 15 is 0 Å². The summed E-state index contributed by atoms with van der Waals surface area (Å²) < 4.78 is 15.8. The SMILES string of the molecule is Cc1c([C@@H](C)NS(=O)C(C)(C)C)ccc(Br)c1Cl. The molecule has 0 aliphatic heterocycles. The lowest BCUT2D eigenvalue weighted by molar-refractivity contribution is 0.615. The molecule has 5 heteroatoms. The van der Waals surface area contributed by atoms with Gasteiger partial charge in [0.2, 0.25) is 0 Å². The Morgan fingerprint density at radius 1 is 1.39 bits per heavy atom. The highest BCUT2D eigenvalue weighted by molar-refractivity contribution is 9.10. The third kappa shape index (κ3) is 3.80. The van der Waals surface area contributed by atoms with E-state index in [9.17, 15) is 4.21 Å². The smallest absolute Gasteiger partial charge is 0.0975 e. The minimum atomic E-state index is -1.09. The molecular weight excluding hydrogens is 334 g/mol. The van der Waals surface area contributed by atoms with Crippen molar-refractivity contribution in [3.63, 3.8) is 0 Å². The van der Waals surface area contributed by atoms with Gasteiger partial charge in [0.25, 0.3) is 0 Å². The molecule has 2 nitrogen and oxygen atoms in total. The maximum atomic E-state index is 12.1. The third-order valence-corrected chi connectivity index (χ3v) is 5.74. The average molecular weight is 353 g/mol. The van der Waals surface area contributed by atoms with Gasteiger partial charge < -0.3 is 0 Å². The zero-order chi connectivity index (χ0) is 14.1. The van der Waals surface area contributed by atoms with Gasteiger partial charge in [-0.1, -0.05) is 17.7 Å². The molecule has 0 aromatic heterocycles. The topological polar surface area (TPSA) is 29.1 Å². The van der Waals surface area contributed by atoms with Gasteiger partial charge in [-0.15, -0.1) is 0 Å². The van der Waals surface area contributed by atoms with E-state index in [-0.39, 0.29) is 10.8 Å². The minimum absolute atomic E-state index is 0.00402. The molecule has 0 spiro atoms. The van der Waals surface area contributed by atoms with Gasteiger partial charge in [-0.2, -0.15) is 0 Å². The number of halogens is 2. The highest BCUT2D eigenvalue weighted by atomic mass is 79.9. The van der Waals surface area contributed by atoms with Gasteiger partial charge >= 0.3 is 0 Å². The van der Waals surface area contributed by atoms with Crippen molar-refractivity contribution in [3.8, 4) is 0 Å². The van der Waals surface area contributed by atoms with E-state index in [0.717, 1.165) is 15.6 Å². The number of hydrogen-bond acceptors (Lipinski definition) is 1. The summed E-state index contributed by atoms with van der Waals surface area (Å²) in [4.78, 5) is 0. The highest BCUT2D eigenvalue weighted by Crippen LogP contribution is 2.31. The van der Waals surface area contributed by atoms with Crippen molar-refractivity contribution in [1.29, 1.82) is 0 Å². The van der Waals surface area contributed by atoms with E-state index in [1.54, 1.807) is 0 Å². The number of benzene rings is 1. The van der Waals surface area contributed by atoms with Crippen LogP contribution in [0.2, 0.25) is 5.02 Å². The van der Waals surface area contributed by atoms with Gasteiger partial charge in [-0.3, -0.25) is 0 Å². The predicted molar refractivity (Wildman–Crippen MR) is 83.3 cm³/mol. The molecule has 1 N–H and O–H groups in total. The molecule has 0 saturated carbocycles. The Bertz CT molecular complexity index is 471. The molecule has 1 aromatic carbocycles. The second kappa shape index (κ2) is 6.04. The highest BCUT2D eigenvalue weighted by Gasteiger charge is 2.22. The van der Waals surface area contributed by atoms with Crippen LogP contribution < -0.4 is 4.72 Å². The maximum Gasteiger partial charge on any atom is 0.0975 e. The van der Waals surface area contributed by atoms with E-state index in [1.807, 2.05) is 46.8 Å². The van der Waals surface area contributed by atoms with Crippen molar-refractivity contribution in [2.75, 3.05) is 0 Å². The molecule has 18 heavy (non-hydrogen) atoms. The van der Waals surface area contributed by atoms with Crippen molar-refractivity contribution in [1.82, 2.24) is 4.72 Å². The first-order chi connectivity index (χ1) is 8.14. The Morgan fingerprint density at radius 3 is 2.44 bits per heavy atom. The third-order valence-electron chi connectivity index (χ3n) is 2.69. The molecule has 1 rings (SSSR count). The summed E-state index contributed by atoms with van der Waals surface area (Å²) in [7, 11) is -1.09. The van der Waals surface area contributed by atoms with Crippen LogP contribution in [0.1, 0.15) is 44.9 Å². The van der Waals surface area contributed by atoms with Crippen molar-refractivity contribution >= 4 is 38.5 Å². The van der Waals surface area contributed by atoms with Gasteiger partial charge in [0.1, 0.15) is 0 Å². The van der Waals surface area contributed by atoms with Crippen LogP contribution in [0.3, 0.4) is 0 Å². The lowest BCUT2D eigenvalue weighted by Crippen LogP contribution is -2.35. The van der Waals surface area contributed by atoms with Crippen LogP contribution in [0.15, 0.2) is 16.6 Å². The van der Waals surface area contributed by atoms with Gasteiger partial charge in [0.05, 0.1) is 20.8 Å². The molecule has 0 amide bonds. The normalized spacial score (nSPS) is 15.5. The van der Waals surface area contributed by atoms with Gasteiger partial charge in [-0.05, 0) is 67.7 Å². The second-order valence-electron chi connectivity index (χ2n) is 5.30. The molecule has 1 aromatic rings. The maximum absolute atomic E-state index is 12.1. The lowest BCUT2D eigenvalue weighted by atomic mass is 10.0. The summed E-state index contributed by atoms with van der Waals surface area (Å²) in [5, 5.41) is 0.711. The predicted octanol–water partition coefficient (Wildman–Crippen LogP) is 4.52. The molecule has 0 aliphatic rings. The van der Waals surface area contributed by atoms with Gasteiger partial charge in [-0.25, -0.2) is 8.93 Å². The largest absolute Gasteiger partial charge is 0.242 e. The Hall–Kier alpha value is 0.1000. The number of hydrogen-bond donors (Lipinski definition) is 1. The summed E-state index contributed by atoms with van der Waals surface area (Å²) >= 11 is 9.60. The molecule has 0 radical (unpaired) electrons. The molecule has 0 fully saturated rings. The van der Waals surface area contributed by atoms with Crippen LogP contribution in [0.4, 0.5) is 0 Å². The summed E-state index contributed by atoms with van der Waals surface area (Å²) in [6, 6.07) is 3.92. The average Bonchev–Trinajstić information content (AvgIpc) is 2.24. The first-order valence-corrected chi connectivity index (χ1v) is 8.09. The fourth-order valence-corrected chi connectivity index (χ4v) is 2.94. The molecule has 102 valence electrons.